The maximum absolute atomic E-state index is 14.6. The first-order valence-electron chi connectivity index (χ1n) is 10.9. The van der Waals surface area contributed by atoms with E-state index in [4.69, 9.17) is 0 Å². The number of piperidine rings is 1. The third-order valence-electron chi connectivity index (χ3n) is 6.62. The van der Waals surface area contributed by atoms with Gasteiger partial charge in [0, 0.05) is 38.0 Å². The Labute approximate surface area is 180 Å². The normalized spacial score (nSPS) is 22.5. The van der Waals surface area contributed by atoms with Crippen LogP contribution in [0, 0.1) is 5.92 Å². The van der Waals surface area contributed by atoms with Gasteiger partial charge in [0.15, 0.2) is 0 Å². The van der Waals surface area contributed by atoms with Crippen molar-refractivity contribution in [3.63, 3.8) is 0 Å². The highest BCUT2D eigenvalue weighted by molar-refractivity contribution is 5.93. The van der Waals surface area contributed by atoms with E-state index in [1.165, 1.54) is 37.6 Å². The Kier molecular flexibility index (Phi) is 6.18. The molecule has 1 aliphatic heterocycles. The second kappa shape index (κ2) is 8.86. The summed E-state index contributed by atoms with van der Waals surface area (Å²) in [7, 11) is 0. The number of carbonyl (C=O) groups excluding carboxylic acids is 1. The van der Waals surface area contributed by atoms with Crippen molar-refractivity contribution in [3.8, 4) is 0 Å². The van der Waals surface area contributed by atoms with Crippen LogP contribution in [0.4, 0.5) is 14.6 Å². The molecule has 0 bridgehead atoms. The number of amides is 1. The van der Waals surface area contributed by atoms with Crippen LogP contribution in [-0.2, 0) is 11.2 Å². The molecule has 0 radical (unpaired) electrons. The van der Waals surface area contributed by atoms with Crippen molar-refractivity contribution in [1.82, 2.24) is 14.9 Å². The number of aromatic amines is 1. The van der Waals surface area contributed by atoms with Crippen LogP contribution < -0.4 is 10.9 Å². The molecule has 1 amide bonds. The Bertz CT molecular complexity index is 952. The Hall–Kier alpha value is -2.61. The maximum atomic E-state index is 14.6. The lowest BCUT2D eigenvalue weighted by Crippen LogP contribution is -2.52. The molecule has 4 rings (SSSR count). The summed E-state index contributed by atoms with van der Waals surface area (Å²) in [6, 6.07) is 5.88. The summed E-state index contributed by atoms with van der Waals surface area (Å²) in [5.74, 6) is -3.05. The zero-order valence-electron chi connectivity index (χ0n) is 17.6. The molecular formula is C23H28F2N4O2. The molecule has 2 atom stereocenters. The lowest BCUT2D eigenvalue weighted by atomic mass is 9.81. The molecule has 2 fully saturated rings. The smallest absolute Gasteiger partial charge is 0.257 e. The first-order chi connectivity index (χ1) is 14.8. The number of aromatic nitrogens is 2. The van der Waals surface area contributed by atoms with Crippen LogP contribution in [0.1, 0.15) is 49.7 Å². The van der Waals surface area contributed by atoms with Gasteiger partial charge in [0.05, 0.1) is 12.0 Å². The summed E-state index contributed by atoms with van der Waals surface area (Å²) in [5, 5.41) is 2.80. The number of hydrogen-bond acceptors (Lipinski definition) is 4. The number of carbonyl (C=O) groups is 1. The number of hydrogen-bond donors (Lipinski definition) is 2. The molecule has 3 heterocycles. The van der Waals surface area contributed by atoms with Crippen LogP contribution in [-0.4, -0.2) is 45.8 Å². The molecule has 2 aromatic heterocycles. The van der Waals surface area contributed by atoms with Crippen molar-refractivity contribution in [3.05, 3.63) is 58.1 Å². The van der Waals surface area contributed by atoms with Crippen molar-refractivity contribution in [1.29, 1.82) is 0 Å². The average Bonchev–Trinajstić information content (AvgIpc) is 2.72. The van der Waals surface area contributed by atoms with E-state index in [1.54, 1.807) is 24.1 Å². The third kappa shape index (κ3) is 5.01. The van der Waals surface area contributed by atoms with Gasteiger partial charge in [0.25, 0.3) is 5.92 Å². The van der Waals surface area contributed by atoms with E-state index < -0.39 is 17.9 Å². The monoisotopic (exact) mass is 430 g/mol. The van der Waals surface area contributed by atoms with Gasteiger partial charge in [-0.2, -0.15) is 0 Å². The van der Waals surface area contributed by atoms with E-state index in [-0.39, 0.29) is 31.0 Å². The molecule has 2 N–H and O–H groups in total. The highest BCUT2D eigenvalue weighted by Gasteiger charge is 2.46. The van der Waals surface area contributed by atoms with Crippen molar-refractivity contribution >= 4 is 11.7 Å². The standard InChI is InChI=1S/C23H28F2N4O2/c1-15(22(31)28-20-7-5-17(12-26-20)11-16-3-2-4-16)29-10-9-23(24,25)19(14-29)18-6-8-21(30)27-13-18/h5-8,12-13,15-16,19H,2-4,9-11,14H2,1H3,(H,27,30)(H,26,28,31)/t15?,19-/m1/s1. The zero-order valence-corrected chi connectivity index (χ0v) is 17.6. The number of nitrogens with one attached hydrogen (secondary N) is 2. The molecule has 0 spiro atoms. The van der Waals surface area contributed by atoms with Gasteiger partial charge in [-0.25, -0.2) is 13.8 Å². The van der Waals surface area contributed by atoms with Crippen molar-refractivity contribution in [2.75, 3.05) is 18.4 Å². The van der Waals surface area contributed by atoms with Crippen LogP contribution in [0.25, 0.3) is 0 Å². The van der Waals surface area contributed by atoms with E-state index >= 15 is 0 Å². The largest absolute Gasteiger partial charge is 0.329 e. The van der Waals surface area contributed by atoms with Crippen molar-refractivity contribution in [2.45, 2.75) is 56.9 Å². The topological polar surface area (TPSA) is 78.1 Å². The van der Waals surface area contributed by atoms with Crippen LogP contribution in [0.15, 0.2) is 41.5 Å². The molecule has 1 saturated carbocycles. The number of halogens is 2. The van der Waals surface area contributed by atoms with E-state index in [1.807, 2.05) is 6.07 Å². The number of anilines is 1. The summed E-state index contributed by atoms with van der Waals surface area (Å²) >= 11 is 0. The second-order valence-corrected chi connectivity index (χ2v) is 8.76. The van der Waals surface area contributed by atoms with Gasteiger partial charge in [-0.1, -0.05) is 31.4 Å². The summed E-state index contributed by atoms with van der Waals surface area (Å²) in [6.45, 7) is 1.87. The predicted molar refractivity (Wildman–Crippen MR) is 114 cm³/mol. The molecule has 2 aromatic rings. The SMILES string of the molecule is CC(C(=O)Nc1ccc(CC2CCC2)cn1)N1CCC(F)(F)[C@@H](c2ccc(=O)[nH]c2)C1. The first-order valence-corrected chi connectivity index (χ1v) is 10.9. The lowest BCUT2D eigenvalue weighted by molar-refractivity contribution is -0.125. The van der Waals surface area contributed by atoms with Crippen molar-refractivity contribution in [2.24, 2.45) is 5.92 Å². The van der Waals surface area contributed by atoms with Gasteiger partial charge in [-0.15, -0.1) is 0 Å². The molecule has 6 nitrogen and oxygen atoms in total. The summed E-state index contributed by atoms with van der Waals surface area (Å²) < 4.78 is 29.1. The molecule has 1 unspecified atom stereocenters. The van der Waals surface area contributed by atoms with E-state index in [0.29, 0.717) is 11.4 Å². The number of likely N-dealkylation sites (tertiary alicyclic amines) is 1. The van der Waals surface area contributed by atoms with E-state index in [0.717, 1.165) is 17.9 Å². The summed E-state index contributed by atoms with van der Waals surface area (Å²) in [4.78, 5) is 32.6. The Morgan fingerprint density at radius 3 is 2.74 bits per heavy atom. The first kappa shape index (κ1) is 21.6. The van der Waals surface area contributed by atoms with Crippen molar-refractivity contribution < 1.29 is 13.6 Å². The molecule has 2 aliphatic rings. The predicted octanol–water partition coefficient (Wildman–Crippen LogP) is 3.56. The second-order valence-electron chi connectivity index (χ2n) is 8.76. The maximum Gasteiger partial charge on any atom is 0.257 e. The quantitative estimate of drug-likeness (QED) is 0.735. The average molecular weight is 430 g/mol. The van der Waals surface area contributed by atoms with Gasteiger partial charge in [-0.3, -0.25) is 14.5 Å². The van der Waals surface area contributed by atoms with Crippen LogP contribution in [0.5, 0.6) is 0 Å². The molecule has 1 saturated heterocycles. The Morgan fingerprint density at radius 2 is 2.13 bits per heavy atom. The fourth-order valence-electron chi connectivity index (χ4n) is 4.31. The molecule has 166 valence electrons. The highest BCUT2D eigenvalue weighted by Crippen LogP contribution is 2.40. The van der Waals surface area contributed by atoms with Gasteiger partial charge in [0.2, 0.25) is 11.5 Å². The van der Waals surface area contributed by atoms with E-state index in [9.17, 15) is 18.4 Å². The van der Waals surface area contributed by atoms with Gasteiger partial charge < -0.3 is 10.3 Å². The minimum Gasteiger partial charge on any atom is -0.329 e. The van der Waals surface area contributed by atoms with Crippen LogP contribution in [0.2, 0.25) is 0 Å². The highest BCUT2D eigenvalue weighted by atomic mass is 19.3. The zero-order chi connectivity index (χ0) is 22.0. The van der Waals surface area contributed by atoms with Crippen LogP contribution >= 0.6 is 0 Å². The molecule has 8 heteroatoms. The fraction of sp³-hybridized carbons (Fsp3) is 0.522. The number of pyridine rings is 2. The molecule has 0 aromatic carbocycles. The number of rotatable bonds is 6. The summed E-state index contributed by atoms with van der Waals surface area (Å²) in [5.41, 5.74) is 1.20. The number of nitrogens with zero attached hydrogens (tertiary/aromatic N) is 2. The molecular weight excluding hydrogens is 402 g/mol. The van der Waals surface area contributed by atoms with E-state index in [2.05, 4.69) is 15.3 Å². The van der Waals surface area contributed by atoms with Crippen LogP contribution in [0.3, 0.4) is 0 Å². The Morgan fingerprint density at radius 1 is 1.32 bits per heavy atom. The number of alkyl halides is 2. The molecule has 1 aliphatic carbocycles. The Balaban J connectivity index is 1.38. The molecule has 31 heavy (non-hydrogen) atoms. The van der Waals surface area contributed by atoms with Gasteiger partial charge in [-0.05, 0) is 36.5 Å². The lowest BCUT2D eigenvalue weighted by Gasteiger charge is -2.40. The minimum atomic E-state index is -2.90. The minimum absolute atomic E-state index is 0.0292. The van der Waals surface area contributed by atoms with Gasteiger partial charge in [0.1, 0.15) is 5.82 Å². The number of H-pyrrole nitrogens is 1. The fourth-order valence-corrected chi connectivity index (χ4v) is 4.31. The third-order valence-corrected chi connectivity index (χ3v) is 6.62. The van der Waals surface area contributed by atoms with Gasteiger partial charge >= 0.3 is 0 Å². The summed E-state index contributed by atoms with van der Waals surface area (Å²) in [6.07, 6.45) is 7.65.